The van der Waals surface area contributed by atoms with E-state index in [1.807, 2.05) is 6.08 Å². The van der Waals surface area contributed by atoms with Gasteiger partial charge in [-0.05, 0) is 22.0 Å². The molecule has 2 heterocycles. The van der Waals surface area contributed by atoms with Gasteiger partial charge in [-0.1, -0.05) is 0 Å². The first-order chi connectivity index (χ1) is 5.36. The van der Waals surface area contributed by atoms with Gasteiger partial charge in [-0.25, -0.2) is 0 Å². The van der Waals surface area contributed by atoms with Crippen molar-refractivity contribution in [2.24, 2.45) is 9.98 Å². The van der Waals surface area contributed by atoms with Crippen molar-refractivity contribution in [1.82, 2.24) is 5.32 Å². The van der Waals surface area contributed by atoms with Crippen molar-refractivity contribution in [3.8, 4) is 0 Å². The highest BCUT2D eigenvalue weighted by atomic mass is 79.9. The van der Waals surface area contributed by atoms with E-state index in [-0.39, 0.29) is 6.17 Å². The molecule has 0 bridgehead atoms. The first-order valence-corrected chi connectivity index (χ1v) is 4.05. The quantitative estimate of drug-likeness (QED) is 0.643. The van der Waals surface area contributed by atoms with Crippen LogP contribution in [0.5, 0.6) is 0 Å². The van der Waals surface area contributed by atoms with E-state index in [4.69, 9.17) is 0 Å². The van der Waals surface area contributed by atoms with E-state index < -0.39 is 0 Å². The van der Waals surface area contributed by atoms with Gasteiger partial charge in [0, 0.05) is 23.1 Å². The molecular weight excluding hydrogens is 206 g/mol. The number of dihydropyridines is 1. The van der Waals surface area contributed by atoms with E-state index in [9.17, 15) is 0 Å². The molecule has 0 fully saturated rings. The third kappa shape index (κ3) is 1.26. The molecule has 0 spiro atoms. The summed E-state index contributed by atoms with van der Waals surface area (Å²) in [5, 5.41) is 3.07. The molecule has 0 aromatic carbocycles. The number of nitrogens with zero attached hydrogens (tertiary/aromatic N) is 2. The Morgan fingerprint density at radius 2 is 2.45 bits per heavy atom. The van der Waals surface area contributed by atoms with Gasteiger partial charge in [-0.15, -0.1) is 0 Å². The van der Waals surface area contributed by atoms with Gasteiger partial charge in [0.15, 0.2) is 6.17 Å². The van der Waals surface area contributed by atoms with Crippen LogP contribution in [0.1, 0.15) is 0 Å². The average Bonchev–Trinajstić information content (AvgIpc) is 2.04. The monoisotopic (exact) mass is 211 g/mol. The smallest absolute Gasteiger partial charge is 0.161 e. The minimum atomic E-state index is 0.0151. The SMILES string of the molecule is BrC1=CC2=NC=CN[C@@H]2N=C1. The molecule has 0 radical (unpaired) electrons. The Labute approximate surface area is 72.7 Å². The van der Waals surface area contributed by atoms with Gasteiger partial charge in [0.2, 0.25) is 0 Å². The van der Waals surface area contributed by atoms with E-state index in [2.05, 4.69) is 31.2 Å². The molecule has 0 aromatic heterocycles. The van der Waals surface area contributed by atoms with Crippen LogP contribution in [-0.4, -0.2) is 18.1 Å². The number of aliphatic imine (C=N–C) groups is 2. The minimum absolute atomic E-state index is 0.0151. The van der Waals surface area contributed by atoms with Crippen molar-refractivity contribution in [2.75, 3.05) is 0 Å². The maximum atomic E-state index is 4.20. The summed E-state index contributed by atoms with van der Waals surface area (Å²) >= 11 is 3.33. The fraction of sp³-hybridized carbons (Fsp3) is 0.143. The highest BCUT2D eigenvalue weighted by Crippen LogP contribution is 2.11. The summed E-state index contributed by atoms with van der Waals surface area (Å²) in [7, 11) is 0. The van der Waals surface area contributed by atoms with Crippen LogP contribution >= 0.6 is 15.9 Å². The Kier molecular flexibility index (Phi) is 1.62. The van der Waals surface area contributed by atoms with E-state index >= 15 is 0 Å². The van der Waals surface area contributed by atoms with E-state index in [1.165, 1.54) is 0 Å². The van der Waals surface area contributed by atoms with E-state index in [1.54, 1.807) is 18.6 Å². The van der Waals surface area contributed by atoms with Crippen LogP contribution in [0.25, 0.3) is 0 Å². The largest absolute Gasteiger partial charge is 0.364 e. The lowest BCUT2D eigenvalue weighted by Crippen LogP contribution is -2.34. The molecule has 11 heavy (non-hydrogen) atoms. The molecule has 2 aliphatic rings. The van der Waals surface area contributed by atoms with Crippen molar-refractivity contribution in [1.29, 1.82) is 0 Å². The Morgan fingerprint density at radius 1 is 1.55 bits per heavy atom. The second kappa shape index (κ2) is 2.62. The Morgan fingerprint density at radius 3 is 3.36 bits per heavy atom. The Bertz CT molecular complexity index is 288. The molecule has 2 rings (SSSR count). The molecule has 0 amide bonds. The number of hydrogen-bond donors (Lipinski definition) is 1. The number of hydrogen-bond acceptors (Lipinski definition) is 3. The fourth-order valence-electron chi connectivity index (χ4n) is 0.973. The number of rotatable bonds is 0. The van der Waals surface area contributed by atoms with Gasteiger partial charge < -0.3 is 5.32 Å². The maximum Gasteiger partial charge on any atom is 0.161 e. The topological polar surface area (TPSA) is 36.8 Å². The number of fused-ring (bicyclic) bond motifs is 1. The third-order valence-corrected chi connectivity index (χ3v) is 1.90. The van der Waals surface area contributed by atoms with Crippen LogP contribution in [-0.2, 0) is 0 Å². The van der Waals surface area contributed by atoms with Crippen LogP contribution in [0, 0.1) is 0 Å². The lowest BCUT2D eigenvalue weighted by atomic mass is 10.2. The first-order valence-electron chi connectivity index (χ1n) is 3.25. The molecule has 3 nitrogen and oxygen atoms in total. The second-order valence-electron chi connectivity index (χ2n) is 2.25. The molecule has 56 valence electrons. The highest BCUT2D eigenvalue weighted by Gasteiger charge is 2.15. The van der Waals surface area contributed by atoms with Crippen LogP contribution in [0.2, 0.25) is 0 Å². The molecule has 0 unspecified atom stereocenters. The van der Waals surface area contributed by atoms with Crippen molar-refractivity contribution in [3.63, 3.8) is 0 Å². The predicted octanol–water partition coefficient (Wildman–Crippen LogP) is 1.19. The summed E-state index contributed by atoms with van der Waals surface area (Å²) in [6.07, 6.45) is 7.26. The maximum absolute atomic E-state index is 4.20. The van der Waals surface area contributed by atoms with Gasteiger partial charge in [0.25, 0.3) is 0 Å². The average molecular weight is 212 g/mol. The van der Waals surface area contributed by atoms with Crippen molar-refractivity contribution >= 4 is 27.9 Å². The van der Waals surface area contributed by atoms with Crippen molar-refractivity contribution in [2.45, 2.75) is 6.17 Å². The summed E-state index contributed by atoms with van der Waals surface area (Å²) in [6, 6.07) is 0. The van der Waals surface area contributed by atoms with Gasteiger partial charge in [-0.3, -0.25) is 9.98 Å². The lowest BCUT2D eigenvalue weighted by molar-refractivity contribution is 0.764. The summed E-state index contributed by atoms with van der Waals surface area (Å²) < 4.78 is 0.963. The molecule has 1 N–H and O–H groups in total. The van der Waals surface area contributed by atoms with Gasteiger partial charge >= 0.3 is 0 Å². The first kappa shape index (κ1) is 6.79. The normalized spacial score (nSPS) is 26.8. The molecule has 4 heteroatoms. The zero-order valence-corrected chi connectivity index (χ0v) is 7.25. The zero-order valence-electron chi connectivity index (χ0n) is 5.66. The van der Waals surface area contributed by atoms with Gasteiger partial charge in [0.1, 0.15) is 0 Å². The highest BCUT2D eigenvalue weighted by molar-refractivity contribution is 9.12. The minimum Gasteiger partial charge on any atom is -0.364 e. The zero-order chi connectivity index (χ0) is 7.68. The fourth-order valence-corrected chi connectivity index (χ4v) is 1.33. The van der Waals surface area contributed by atoms with Crippen LogP contribution in [0.4, 0.5) is 0 Å². The number of nitrogens with one attached hydrogen (secondary N) is 1. The van der Waals surface area contributed by atoms with Crippen LogP contribution in [0.15, 0.2) is 32.9 Å². The summed E-state index contributed by atoms with van der Waals surface area (Å²) in [6.45, 7) is 0. The van der Waals surface area contributed by atoms with Crippen molar-refractivity contribution < 1.29 is 0 Å². The molecule has 0 saturated heterocycles. The second-order valence-corrected chi connectivity index (χ2v) is 3.16. The molecular formula is C7H6BrN3. The van der Waals surface area contributed by atoms with Gasteiger partial charge in [-0.2, -0.15) is 0 Å². The van der Waals surface area contributed by atoms with Gasteiger partial charge in [0.05, 0.1) is 5.71 Å². The standard InChI is InChI=1S/C7H6BrN3/c8-5-3-6-7(11-4-5)10-2-1-9-6/h1-4,7,10H/t7-/m1/s1. The van der Waals surface area contributed by atoms with E-state index in [0.29, 0.717) is 0 Å². The summed E-state index contributed by atoms with van der Waals surface area (Å²) in [5.41, 5.74) is 0.946. The Hall–Kier alpha value is -0.900. The Balaban J connectivity index is 2.35. The van der Waals surface area contributed by atoms with Crippen LogP contribution in [0.3, 0.4) is 0 Å². The lowest BCUT2D eigenvalue weighted by Gasteiger charge is -2.18. The van der Waals surface area contributed by atoms with Crippen LogP contribution < -0.4 is 5.32 Å². The summed E-state index contributed by atoms with van der Waals surface area (Å²) in [5.74, 6) is 0. The molecule has 0 aromatic rings. The number of halogens is 1. The molecule has 2 aliphatic heterocycles. The summed E-state index contributed by atoms with van der Waals surface area (Å²) in [4.78, 5) is 8.35. The van der Waals surface area contributed by atoms with E-state index in [0.717, 1.165) is 10.2 Å². The molecule has 1 atom stereocenters. The predicted molar refractivity (Wildman–Crippen MR) is 49.0 cm³/mol. The number of allylic oxidation sites excluding steroid dienone is 1. The molecule has 0 aliphatic carbocycles. The van der Waals surface area contributed by atoms with Crippen molar-refractivity contribution in [3.05, 3.63) is 23.0 Å². The third-order valence-electron chi connectivity index (χ3n) is 1.47. The molecule has 0 saturated carbocycles.